The van der Waals surface area contributed by atoms with E-state index in [2.05, 4.69) is 44.0 Å². The molecule has 0 radical (unpaired) electrons. The third kappa shape index (κ3) is 3.86. The van der Waals surface area contributed by atoms with Crippen molar-refractivity contribution >= 4 is 31.9 Å². The van der Waals surface area contributed by atoms with Crippen LogP contribution in [0, 0.1) is 7.14 Å². The van der Waals surface area contributed by atoms with Gasteiger partial charge in [-0.25, -0.2) is 0 Å². The molecule has 0 aliphatic rings. The highest BCUT2D eigenvalue weighted by Crippen LogP contribution is 2.19. The van der Waals surface area contributed by atoms with Crippen molar-refractivity contribution in [1.29, 1.82) is 0 Å². The standard InChI is InChI=1S/C14H12Br2IO2/c1-18-13-7-9(15)3-5-11(13)17-12-6-4-10(16)8-14(12)19-2/h3-8H,1-2H3/q+1. The van der Waals surface area contributed by atoms with Crippen molar-refractivity contribution in [2.24, 2.45) is 0 Å². The zero-order valence-corrected chi connectivity index (χ0v) is 15.7. The van der Waals surface area contributed by atoms with Gasteiger partial charge in [0.25, 0.3) is 0 Å². The molecule has 0 unspecified atom stereocenters. The quantitative estimate of drug-likeness (QED) is 0.593. The van der Waals surface area contributed by atoms with Gasteiger partial charge in [0.1, 0.15) is 0 Å². The Balaban J connectivity index is 2.36. The van der Waals surface area contributed by atoms with Crippen LogP contribution in [0.1, 0.15) is 0 Å². The van der Waals surface area contributed by atoms with Crippen LogP contribution in [-0.4, -0.2) is 14.2 Å². The molecule has 0 N–H and O–H groups in total. The lowest BCUT2D eigenvalue weighted by molar-refractivity contribution is -0.598. The average Bonchev–Trinajstić information content (AvgIpc) is 2.42. The van der Waals surface area contributed by atoms with Crippen LogP contribution in [-0.2, 0) is 0 Å². The molecule has 0 spiro atoms. The predicted octanol–water partition coefficient (Wildman–Crippen LogP) is 1.36. The smallest absolute Gasteiger partial charge is 0.366 e. The molecular formula is C14H12Br2IO2+. The third-order valence-corrected chi connectivity index (χ3v) is 6.36. The fourth-order valence-corrected chi connectivity index (χ4v) is 4.84. The molecule has 0 saturated heterocycles. The van der Waals surface area contributed by atoms with Gasteiger partial charge in [-0.15, -0.1) is 0 Å². The lowest BCUT2D eigenvalue weighted by atomic mass is 10.3. The normalized spacial score (nSPS) is 10.3. The van der Waals surface area contributed by atoms with Crippen molar-refractivity contribution in [3.63, 3.8) is 0 Å². The van der Waals surface area contributed by atoms with Crippen LogP contribution < -0.4 is 30.7 Å². The Hall–Kier alpha value is -0.270. The summed E-state index contributed by atoms with van der Waals surface area (Å²) in [7, 11) is 3.40. The van der Waals surface area contributed by atoms with E-state index in [4.69, 9.17) is 9.47 Å². The predicted molar refractivity (Wildman–Crippen MR) is 78.8 cm³/mol. The second kappa shape index (κ2) is 6.95. The summed E-state index contributed by atoms with van der Waals surface area (Å²) in [5.74, 6) is 1.85. The van der Waals surface area contributed by atoms with Crippen molar-refractivity contribution in [2.75, 3.05) is 14.2 Å². The minimum Gasteiger partial charge on any atom is -0.492 e. The van der Waals surface area contributed by atoms with Gasteiger partial charge in [0.15, 0.2) is 11.5 Å². The fourth-order valence-electron chi connectivity index (χ4n) is 1.53. The second-order valence-corrected chi connectivity index (χ2v) is 8.35. The Kier molecular flexibility index (Phi) is 5.53. The monoisotopic (exact) mass is 497 g/mol. The van der Waals surface area contributed by atoms with Gasteiger partial charge < -0.3 is 9.47 Å². The number of methoxy groups -OCH3 is 2. The van der Waals surface area contributed by atoms with Crippen LogP contribution in [0.3, 0.4) is 0 Å². The maximum absolute atomic E-state index is 5.44. The molecule has 0 saturated carbocycles. The van der Waals surface area contributed by atoms with Crippen molar-refractivity contribution in [2.45, 2.75) is 0 Å². The number of ether oxygens (including phenoxy) is 2. The summed E-state index contributed by atoms with van der Waals surface area (Å²) in [5, 5.41) is 0. The minimum atomic E-state index is -0.345. The van der Waals surface area contributed by atoms with Crippen LogP contribution in [0.15, 0.2) is 45.3 Å². The molecule has 2 rings (SSSR count). The summed E-state index contributed by atoms with van der Waals surface area (Å²) in [6, 6.07) is 12.3. The molecule has 0 fully saturated rings. The molecule has 19 heavy (non-hydrogen) atoms. The van der Waals surface area contributed by atoms with Gasteiger partial charge in [-0.1, -0.05) is 31.9 Å². The lowest BCUT2D eigenvalue weighted by Crippen LogP contribution is -3.61. The number of rotatable bonds is 4. The van der Waals surface area contributed by atoms with E-state index < -0.39 is 0 Å². The highest BCUT2D eigenvalue weighted by molar-refractivity contribution is 9.10. The van der Waals surface area contributed by atoms with Gasteiger partial charge in [-0.05, 0) is 36.4 Å². The summed E-state index contributed by atoms with van der Waals surface area (Å²) in [6.07, 6.45) is 0. The zero-order valence-electron chi connectivity index (χ0n) is 10.4. The zero-order chi connectivity index (χ0) is 13.8. The number of benzene rings is 2. The second-order valence-electron chi connectivity index (χ2n) is 3.65. The summed E-state index contributed by atoms with van der Waals surface area (Å²) < 4.78 is 15.4. The number of hydrogen-bond donors (Lipinski definition) is 0. The first kappa shape index (κ1) is 15.1. The Morgan fingerprint density at radius 3 is 1.58 bits per heavy atom. The van der Waals surface area contributed by atoms with Crippen molar-refractivity contribution in [3.05, 3.63) is 52.5 Å². The first-order chi connectivity index (χ1) is 9.13. The van der Waals surface area contributed by atoms with E-state index in [1.165, 1.54) is 7.14 Å². The van der Waals surface area contributed by atoms with Crippen molar-refractivity contribution in [3.8, 4) is 11.5 Å². The minimum absolute atomic E-state index is 0.345. The molecule has 0 aliphatic heterocycles. The molecule has 0 aromatic heterocycles. The van der Waals surface area contributed by atoms with Gasteiger partial charge >= 0.3 is 21.2 Å². The molecule has 0 bridgehead atoms. The first-order valence-corrected chi connectivity index (χ1v) is 9.20. The summed E-state index contributed by atoms with van der Waals surface area (Å²) in [5.41, 5.74) is 0. The number of hydrogen-bond acceptors (Lipinski definition) is 2. The first-order valence-electron chi connectivity index (χ1n) is 5.46. The van der Waals surface area contributed by atoms with E-state index in [-0.39, 0.29) is 21.2 Å². The highest BCUT2D eigenvalue weighted by atomic mass is 127. The molecular weight excluding hydrogens is 487 g/mol. The Bertz CT molecular complexity index is 536. The van der Waals surface area contributed by atoms with E-state index in [1.54, 1.807) is 14.2 Å². The Labute approximate surface area is 140 Å². The molecule has 0 amide bonds. The van der Waals surface area contributed by atoms with Crippen LogP contribution in [0.2, 0.25) is 0 Å². The van der Waals surface area contributed by atoms with E-state index >= 15 is 0 Å². The van der Waals surface area contributed by atoms with Gasteiger partial charge in [0, 0.05) is 8.95 Å². The van der Waals surface area contributed by atoms with Crippen molar-refractivity contribution in [1.82, 2.24) is 0 Å². The van der Waals surface area contributed by atoms with Crippen LogP contribution in [0.4, 0.5) is 0 Å². The van der Waals surface area contributed by atoms with Gasteiger partial charge in [-0.3, -0.25) is 0 Å². The summed E-state index contributed by atoms with van der Waals surface area (Å²) in [6.45, 7) is 0. The molecule has 2 nitrogen and oxygen atoms in total. The average molecular weight is 499 g/mol. The largest absolute Gasteiger partial charge is 0.492 e. The topological polar surface area (TPSA) is 18.5 Å². The molecule has 2 aromatic rings. The molecule has 0 heterocycles. The van der Waals surface area contributed by atoms with E-state index in [0.717, 1.165) is 20.4 Å². The molecule has 0 atom stereocenters. The molecule has 100 valence electrons. The van der Waals surface area contributed by atoms with Gasteiger partial charge in [-0.2, -0.15) is 0 Å². The fraction of sp³-hybridized carbons (Fsp3) is 0.143. The van der Waals surface area contributed by atoms with E-state index in [9.17, 15) is 0 Å². The summed E-state index contributed by atoms with van der Waals surface area (Å²) in [4.78, 5) is 0. The van der Waals surface area contributed by atoms with Crippen LogP contribution in [0.5, 0.6) is 11.5 Å². The highest BCUT2D eigenvalue weighted by Gasteiger charge is 2.25. The van der Waals surface area contributed by atoms with Gasteiger partial charge in [0.2, 0.25) is 7.14 Å². The summed E-state index contributed by atoms with van der Waals surface area (Å²) >= 11 is 6.58. The number of halogens is 3. The Morgan fingerprint density at radius 2 is 1.21 bits per heavy atom. The molecule has 2 aromatic carbocycles. The van der Waals surface area contributed by atoms with Crippen LogP contribution in [0.25, 0.3) is 0 Å². The SMILES string of the molecule is COc1cc(Br)ccc1[I+]c1ccc(Br)cc1OC. The maximum Gasteiger partial charge on any atom is 0.366 e. The van der Waals surface area contributed by atoms with Crippen LogP contribution >= 0.6 is 31.9 Å². The van der Waals surface area contributed by atoms with E-state index in [1.807, 2.05) is 24.3 Å². The van der Waals surface area contributed by atoms with Crippen molar-refractivity contribution < 1.29 is 30.7 Å². The Morgan fingerprint density at radius 1 is 0.789 bits per heavy atom. The maximum atomic E-state index is 5.44. The lowest BCUT2D eigenvalue weighted by Gasteiger charge is -2.02. The molecule has 5 heteroatoms. The van der Waals surface area contributed by atoms with E-state index in [0.29, 0.717) is 0 Å². The molecule has 0 aliphatic carbocycles. The van der Waals surface area contributed by atoms with Gasteiger partial charge in [0.05, 0.1) is 14.2 Å². The third-order valence-electron chi connectivity index (χ3n) is 2.43.